The van der Waals surface area contributed by atoms with Gasteiger partial charge in [0.25, 0.3) is 0 Å². The fourth-order valence-corrected chi connectivity index (χ4v) is 2.90. The largest absolute Gasteiger partial charge is 0.356 e. The third-order valence-corrected chi connectivity index (χ3v) is 4.41. The van der Waals surface area contributed by atoms with Crippen LogP contribution in [0, 0.1) is 0 Å². The Morgan fingerprint density at radius 2 is 1.74 bits per heavy atom. The molecule has 2 N–H and O–H groups in total. The average molecular weight is 361 g/mol. The number of aromatic nitrogens is 2. The molecule has 0 unspecified atom stereocenters. The van der Waals surface area contributed by atoms with E-state index in [9.17, 15) is 0 Å². The molecule has 0 aliphatic carbocycles. The first-order chi connectivity index (χ1) is 13.3. The van der Waals surface area contributed by atoms with Crippen molar-refractivity contribution in [3.05, 3.63) is 90.0 Å². The van der Waals surface area contributed by atoms with Crippen molar-refractivity contribution in [2.45, 2.75) is 25.9 Å². The molecule has 140 valence electrons. The van der Waals surface area contributed by atoms with Crippen LogP contribution in [0.4, 0.5) is 0 Å². The van der Waals surface area contributed by atoms with E-state index < -0.39 is 0 Å². The van der Waals surface area contributed by atoms with E-state index in [0.29, 0.717) is 0 Å². The first-order valence-corrected chi connectivity index (χ1v) is 9.35. The number of aryl methyl sites for hydroxylation is 1. The summed E-state index contributed by atoms with van der Waals surface area (Å²) in [6.07, 6.45) is 7.76. The van der Waals surface area contributed by atoms with E-state index in [1.165, 1.54) is 16.7 Å². The second-order valence-corrected chi connectivity index (χ2v) is 6.49. The zero-order chi connectivity index (χ0) is 18.7. The lowest BCUT2D eigenvalue weighted by atomic mass is 10.1. The third kappa shape index (κ3) is 6.29. The minimum atomic E-state index is 0.754. The van der Waals surface area contributed by atoms with Crippen LogP contribution in [0.25, 0.3) is 0 Å². The highest BCUT2D eigenvalue weighted by Gasteiger charge is 2.00. The van der Waals surface area contributed by atoms with E-state index in [0.717, 1.165) is 38.4 Å². The number of guanidine groups is 1. The zero-order valence-corrected chi connectivity index (χ0v) is 15.8. The van der Waals surface area contributed by atoms with Gasteiger partial charge in [-0.1, -0.05) is 54.6 Å². The summed E-state index contributed by atoms with van der Waals surface area (Å²) < 4.78 is 2.06. The predicted octanol–water partition coefficient (Wildman–Crippen LogP) is 3.23. The molecule has 3 aromatic rings. The Morgan fingerprint density at radius 3 is 2.44 bits per heavy atom. The molecular weight excluding hydrogens is 334 g/mol. The molecule has 2 aromatic carbocycles. The quantitative estimate of drug-likeness (QED) is 0.368. The van der Waals surface area contributed by atoms with Gasteiger partial charge in [0.1, 0.15) is 0 Å². The molecule has 5 nitrogen and oxygen atoms in total. The van der Waals surface area contributed by atoms with Crippen molar-refractivity contribution >= 4 is 5.96 Å². The van der Waals surface area contributed by atoms with Gasteiger partial charge >= 0.3 is 0 Å². The van der Waals surface area contributed by atoms with Crippen molar-refractivity contribution < 1.29 is 0 Å². The third-order valence-electron chi connectivity index (χ3n) is 4.41. The number of nitrogens with zero attached hydrogens (tertiary/aromatic N) is 3. The number of benzene rings is 2. The van der Waals surface area contributed by atoms with Crippen LogP contribution in [0.1, 0.15) is 23.1 Å². The Kier molecular flexibility index (Phi) is 7.04. The number of imidazole rings is 1. The fourth-order valence-electron chi connectivity index (χ4n) is 2.90. The molecule has 3 rings (SSSR count). The van der Waals surface area contributed by atoms with Crippen molar-refractivity contribution in [3.63, 3.8) is 0 Å². The Bertz CT molecular complexity index is 808. The summed E-state index contributed by atoms with van der Waals surface area (Å²) >= 11 is 0. The second kappa shape index (κ2) is 10.2. The van der Waals surface area contributed by atoms with E-state index in [-0.39, 0.29) is 0 Å². The molecule has 0 atom stereocenters. The van der Waals surface area contributed by atoms with E-state index in [2.05, 4.69) is 79.8 Å². The summed E-state index contributed by atoms with van der Waals surface area (Å²) in [4.78, 5) is 8.37. The molecule has 1 heterocycles. The van der Waals surface area contributed by atoms with Gasteiger partial charge in [0.15, 0.2) is 5.96 Å². The molecule has 0 amide bonds. The van der Waals surface area contributed by atoms with Crippen LogP contribution >= 0.6 is 0 Å². The highest BCUT2D eigenvalue weighted by Crippen LogP contribution is 2.06. The molecule has 0 spiro atoms. The van der Waals surface area contributed by atoms with E-state index >= 15 is 0 Å². The van der Waals surface area contributed by atoms with Crippen molar-refractivity contribution in [2.24, 2.45) is 4.99 Å². The zero-order valence-electron chi connectivity index (χ0n) is 15.8. The molecule has 0 saturated heterocycles. The van der Waals surface area contributed by atoms with Crippen molar-refractivity contribution in [3.8, 4) is 0 Å². The summed E-state index contributed by atoms with van der Waals surface area (Å²) in [5.41, 5.74) is 3.87. The summed E-state index contributed by atoms with van der Waals surface area (Å²) in [6.45, 7) is 2.50. The van der Waals surface area contributed by atoms with Crippen molar-refractivity contribution in [1.82, 2.24) is 20.2 Å². The smallest absolute Gasteiger partial charge is 0.191 e. The van der Waals surface area contributed by atoms with Gasteiger partial charge in [0.05, 0.1) is 6.33 Å². The van der Waals surface area contributed by atoms with Crippen LogP contribution in [0.2, 0.25) is 0 Å². The Balaban J connectivity index is 1.38. The summed E-state index contributed by atoms with van der Waals surface area (Å²) in [6, 6.07) is 19.2. The van der Waals surface area contributed by atoms with Crippen LogP contribution in [0.3, 0.4) is 0 Å². The minimum absolute atomic E-state index is 0.754. The molecule has 0 fully saturated rings. The van der Waals surface area contributed by atoms with Crippen LogP contribution in [0.15, 0.2) is 78.3 Å². The van der Waals surface area contributed by atoms with Crippen LogP contribution in [-0.2, 0) is 19.5 Å². The number of nitrogens with one attached hydrogen (secondary N) is 2. The standard InChI is InChI=1S/C22H27N5/c1-23-22(25-13-5-8-19-6-3-2-4-7-19)26-16-20-9-11-21(12-10-20)17-27-15-14-24-18-27/h2-4,6-7,9-12,14-15,18H,5,8,13,16-17H2,1H3,(H2,23,25,26). The van der Waals surface area contributed by atoms with Crippen molar-refractivity contribution in [1.29, 1.82) is 0 Å². The maximum Gasteiger partial charge on any atom is 0.191 e. The molecule has 27 heavy (non-hydrogen) atoms. The highest BCUT2D eigenvalue weighted by molar-refractivity contribution is 5.79. The predicted molar refractivity (Wildman–Crippen MR) is 111 cm³/mol. The molecule has 0 bridgehead atoms. The van der Waals surface area contributed by atoms with E-state index in [4.69, 9.17) is 0 Å². The van der Waals surface area contributed by atoms with Gasteiger partial charge in [-0.3, -0.25) is 4.99 Å². The number of hydrogen-bond acceptors (Lipinski definition) is 2. The number of aliphatic imine (C=N–C) groups is 1. The number of hydrogen-bond donors (Lipinski definition) is 2. The van der Waals surface area contributed by atoms with Crippen LogP contribution < -0.4 is 10.6 Å². The second-order valence-electron chi connectivity index (χ2n) is 6.49. The average Bonchev–Trinajstić information content (AvgIpc) is 3.22. The van der Waals surface area contributed by atoms with Gasteiger partial charge in [0.2, 0.25) is 0 Å². The molecule has 0 radical (unpaired) electrons. The summed E-state index contributed by atoms with van der Waals surface area (Å²) in [5, 5.41) is 6.75. The maximum atomic E-state index is 4.30. The molecule has 0 saturated carbocycles. The normalized spacial score (nSPS) is 11.4. The highest BCUT2D eigenvalue weighted by atomic mass is 15.2. The Morgan fingerprint density at radius 1 is 0.963 bits per heavy atom. The van der Waals surface area contributed by atoms with E-state index in [1.54, 1.807) is 13.2 Å². The van der Waals surface area contributed by atoms with E-state index in [1.807, 2.05) is 12.5 Å². The first-order valence-electron chi connectivity index (χ1n) is 9.35. The lowest BCUT2D eigenvalue weighted by Crippen LogP contribution is -2.37. The van der Waals surface area contributed by atoms with Gasteiger partial charge in [0, 0.05) is 39.1 Å². The van der Waals surface area contributed by atoms with Crippen molar-refractivity contribution in [2.75, 3.05) is 13.6 Å². The molecule has 1 aromatic heterocycles. The minimum Gasteiger partial charge on any atom is -0.356 e. The molecule has 0 aliphatic heterocycles. The first kappa shape index (κ1) is 18.7. The van der Waals surface area contributed by atoms with Gasteiger partial charge in [-0.25, -0.2) is 4.98 Å². The fraction of sp³-hybridized carbons (Fsp3) is 0.273. The summed E-state index contributed by atoms with van der Waals surface area (Å²) in [7, 11) is 1.81. The van der Waals surface area contributed by atoms with Gasteiger partial charge < -0.3 is 15.2 Å². The van der Waals surface area contributed by atoms with Crippen LogP contribution in [-0.4, -0.2) is 29.1 Å². The van der Waals surface area contributed by atoms with Gasteiger partial charge in [-0.05, 0) is 29.5 Å². The van der Waals surface area contributed by atoms with Crippen LogP contribution in [0.5, 0.6) is 0 Å². The number of rotatable bonds is 8. The lowest BCUT2D eigenvalue weighted by molar-refractivity contribution is 0.741. The summed E-state index contributed by atoms with van der Waals surface area (Å²) in [5.74, 6) is 0.838. The lowest BCUT2D eigenvalue weighted by Gasteiger charge is -2.12. The van der Waals surface area contributed by atoms with Gasteiger partial charge in [-0.2, -0.15) is 0 Å². The molecule has 5 heteroatoms. The molecular formula is C22H27N5. The molecule has 0 aliphatic rings. The Labute approximate surface area is 161 Å². The maximum absolute atomic E-state index is 4.30. The van der Waals surface area contributed by atoms with Gasteiger partial charge in [-0.15, -0.1) is 0 Å². The SMILES string of the molecule is CN=C(NCCCc1ccccc1)NCc1ccc(Cn2ccnc2)cc1. The Hall–Kier alpha value is -3.08. The topological polar surface area (TPSA) is 54.2 Å². The monoisotopic (exact) mass is 361 g/mol.